The van der Waals surface area contributed by atoms with Gasteiger partial charge in [-0.2, -0.15) is 0 Å². The van der Waals surface area contributed by atoms with Gasteiger partial charge in [-0.1, -0.05) is 6.92 Å². The standard InChI is InChI=1S/C17H23N3O4S/c1-2-13-3-12-25-14(13)15(21)18-4-6-19(7-5-18)16(22)17(23)20-8-10-24-11-9-20/h3,12H,2,4-11H2,1H3. The molecule has 3 rings (SSSR count). The van der Waals surface area contributed by atoms with Gasteiger partial charge in [0.05, 0.1) is 18.1 Å². The van der Waals surface area contributed by atoms with Crippen molar-refractivity contribution < 1.29 is 19.1 Å². The molecular weight excluding hydrogens is 342 g/mol. The fourth-order valence-corrected chi connectivity index (χ4v) is 4.06. The third-order valence-corrected chi connectivity index (χ3v) is 5.60. The van der Waals surface area contributed by atoms with E-state index in [4.69, 9.17) is 4.74 Å². The predicted octanol–water partition coefficient (Wildman–Crippen LogP) is 0.454. The molecule has 2 fully saturated rings. The number of amides is 3. The van der Waals surface area contributed by atoms with Gasteiger partial charge in [0.15, 0.2) is 0 Å². The van der Waals surface area contributed by atoms with Crippen LogP contribution in [-0.4, -0.2) is 84.9 Å². The Bertz CT molecular complexity index is 646. The minimum absolute atomic E-state index is 0.0263. The van der Waals surface area contributed by atoms with Crippen molar-refractivity contribution in [2.24, 2.45) is 0 Å². The van der Waals surface area contributed by atoms with Crippen LogP contribution >= 0.6 is 11.3 Å². The second-order valence-corrected chi connectivity index (χ2v) is 7.03. The molecule has 8 heteroatoms. The Morgan fingerprint density at radius 3 is 2.12 bits per heavy atom. The van der Waals surface area contributed by atoms with Crippen molar-refractivity contribution in [1.82, 2.24) is 14.7 Å². The van der Waals surface area contributed by atoms with Crippen LogP contribution in [0.5, 0.6) is 0 Å². The Morgan fingerprint density at radius 1 is 0.960 bits per heavy atom. The van der Waals surface area contributed by atoms with E-state index in [0.29, 0.717) is 52.5 Å². The van der Waals surface area contributed by atoms with E-state index in [1.54, 1.807) is 14.7 Å². The average Bonchev–Trinajstić information content (AvgIpc) is 3.16. The molecule has 2 aliphatic heterocycles. The lowest BCUT2D eigenvalue weighted by Crippen LogP contribution is -2.55. The first-order valence-electron chi connectivity index (χ1n) is 8.63. The Hall–Kier alpha value is -1.93. The fourth-order valence-electron chi connectivity index (χ4n) is 3.09. The van der Waals surface area contributed by atoms with E-state index >= 15 is 0 Å². The zero-order valence-corrected chi connectivity index (χ0v) is 15.2. The third-order valence-electron chi connectivity index (χ3n) is 4.66. The molecule has 7 nitrogen and oxygen atoms in total. The predicted molar refractivity (Wildman–Crippen MR) is 93.6 cm³/mol. The number of thiophene rings is 1. The molecule has 0 N–H and O–H groups in total. The first-order chi connectivity index (χ1) is 12.1. The molecule has 3 heterocycles. The Balaban J connectivity index is 1.55. The van der Waals surface area contributed by atoms with Crippen molar-refractivity contribution in [3.8, 4) is 0 Å². The molecule has 0 radical (unpaired) electrons. The highest BCUT2D eigenvalue weighted by Gasteiger charge is 2.32. The van der Waals surface area contributed by atoms with Crippen LogP contribution in [0.1, 0.15) is 22.2 Å². The first kappa shape index (κ1) is 17.9. The highest BCUT2D eigenvalue weighted by atomic mass is 32.1. The molecule has 2 aliphatic rings. The first-order valence-corrected chi connectivity index (χ1v) is 9.51. The van der Waals surface area contributed by atoms with Gasteiger partial charge in [-0.25, -0.2) is 0 Å². The Kier molecular flexibility index (Phi) is 5.70. The second-order valence-electron chi connectivity index (χ2n) is 6.12. The van der Waals surface area contributed by atoms with E-state index in [0.717, 1.165) is 16.9 Å². The fraction of sp³-hybridized carbons (Fsp3) is 0.588. The maximum Gasteiger partial charge on any atom is 0.312 e. The van der Waals surface area contributed by atoms with E-state index in [9.17, 15) is 14.4 Å². The van der Waals surface area contributed by atoms with E-state index < -0.39 is 11.8 Å². The summed E-state index contributed by atoms with van der Waals surface area (Å²) in [5, 5.41) is 1.94. The van der Waals surface area contributed by atoms with Crippen molar-refractivity contribution in [2.45, 2.75) is 13.3 Å². The van der Waals surface area contributed by atoms with E-state index in [2.05, 4.69) is 0 Å². The van der Waals surface area contributed by atoms with Crippen LogP contribution in [0.15, 0.2) is 11.4 Å². The smallest absolute Gasteiger partial charge is 0.312 e. The molecule has 0 aromatic carbocycles. The van der Waals surface area contributed by atoms with Crippen LogP contribution in [0.3, 0.4) is 0 Å². The molecule has 136 valence electrons. The maximum absolute atomic E-state index is 12.6. The molecule has 0 saturated carbocycles. The normalized spacial score (nSPS) is 18.4. The van der Waals surface area contributed by atoms with Gasteiger partial charge in [-0.05, 0) is 23.4 Å². The van der Waals surface area contributed by atoms with Crippen LogP contribution in [0, 0.1) is 0 Å². The third kappa shape index (κ3) is 3.85. The number of morpholine rings is 1. The summed E-state index contributed by atoms with van der Waals surface area (Å²) in [6.07, 6.45) is 0.830. The quantitative estimate of drug-likeness (QED) is 0.714. The van der Waals surface area contributed by atoms with Crippen LogP contribution in [0.4, 0.5) is 0 Å². The number of ether oxygens (including phenoxy) is 1. The lowest BCUT2D eigenvalue weighted by Gasteiger charge is -2.35. The van der Waals surface area contributed by atoms with Crippen LogP contribution < -0.4 is 0 Å². The summed E-state index contributed by atoms with van der Waals surface area (Å²) >= 11 is 1.46. The van der Waals surface area contributed by atoms with Crippen molar-refractivity contribution in [3.05, 3.63) is 21.9 Å². The largest absolute Gasteiger partial charge is 0.378 e. The van der Waals surface area contributed by atoms with Crippen LogP contribution in [0.25, 0.3) is 0 Å². The van der Waals surface area contributed by atoms with Gasteiger partial charge < -0.3 is 19.4 Å². The van der Waals surface area contributed by atoms with Crippen molar-refractivity contribution in [3.63, 3.8) is 0 Å². The number of carbonyl (C=O) groups is 3. The molecule has 25 heavy (non-hydrogen) atoms. The number of hydrogen-bond acceptors (Lipinski definition) is 5. The number of rotatable bonds is 2. The topological polar surface area (TPSA) is 70.2 Å². The summed E-state index contributed by atoms with van der Waals surface area (Å²) in [4.78, 5) is 43.0. The van der Waals surface area contributed by atoms with E-state index in [-0.39, 0.29) is 5.91 Å². The number of aryl methyl sites for hydroxylation is 1. The maximum atomic E-state index is 12.6. The molecule has 3 amide bonds. The Morgan fingerprint density at radius 2 is 1.52 bits per heavy atom. The summed E-state index contributed by atoms with van der Waals surface area (Å²) < 4.78 is 5.21. The average molecular weight is 365 g/mol. The summed E-state index contributed by atoms with van der Waals surface area (Å²) in [5.74, 6) is -0.910. The number of hydrogen-bond donors (Lipinski definition) is 0. The Labute approximate surface area is 151 Å². The van der Waals surface area contributed by atoms with E-state index in [1.165, 1.54) is 11.3 Å². The van der Waals surface area contributed by atoms with Gasteiger partial charge in [0.1, 0.15) is 0 Å². The van der Waals surface area contributed by atoms with Crippen LogP contribution in [0.2, 0.25) is 0 Å². The monoisotopic (exact) mass is 365 g/mol. The molecule has 1 aromatic rings. The van der Waals surface area contributed by atoms with Gasteiger partial charge in [0.25, 0.3) is 5.91 Å². The molecular formula is C17H23N3O4S. The molecule has 0 unspecified atom stereocenters. The van der Waals surface area contributed by atoms with Crippen LogP contribution in [-0.2, 0) is 20.7 Å². The van der Waals surface area contributed by atoms with Gasteiger partial charge >= 0.3 is 11.8 Å². The SMILES string of the molecule is CCc1ccsc1C(=O)N1CCN(C(=O)C(=O)N2CCOCC2)CC1. The van der Waals surface area contributed by atoms with Gasteiger partial charge in [-0.15, -0.1) is 11.3 Å². The van der Waals surface area contributed by atoms with E-state index in [1.807, 2.05) is 18.4 Å². The van der Waals surface area contributed by atoms with Crippen molar-refractivity contribution >= 4 is 29.1 Å². The lowest BCUT2D eigenvalue weighted by molar-refractivity contribution is -0.154. The zero-order valence-electron chi connectivity index (χ0n) is 14.4. The van der Waals surface area contributed by atoms with Gasteiger partial charge in [-0.3, -0.25) is 14.4 Å². The van der Waals surface area contributed by atoms with Crippen molar-refractivity contribution in [2.75, 3.05) is 52.5 Å². The molecule has 0 aliphatic carbocycles. The van der Waals surface area contributed by atoms with Gasteiger partial charge in [0, 0.05) is 39.3 Å². The second kappa shape index (κ2) is 7.97. The number of piperazine rings is 1. The summed E-state index contributed by atoms with van der Waals surface area (Å²) in [6, 6.07) is 1.98. The summed E-state index contributed by atoms with van der Waals surface area (Å²) in [5.41, 5.74) is 1.07. The molecule has 0 atom stereocenters. The highest BCUT2D eigenvalue weighted by molar-refractivity contribution is 7.12. The molecule has 0 spiro atoms. The molecule has 0 bridgehead atoms. The summed E-state index contributed by atoms with van der Waals surface area (Å²) in [7, 11) is 0. The highest BCUT2D eigenvalue weighted by Crippen LogP contribution is 2.20. The minimum atomic E-state index is -0.473. The number of carbonyl (C=O) groups excluding carboxylic acids is 3. The molecule has 2 saturated heterocycles. The van der Waals surface area contributed by atoms with Crippen molar-refractivity contribution in [1.29, 1.82) is 0 Å². The molecule has 1 aromatic heterocycles. The van der Waals surface area contributed by atoms with Gasteiger partial charge in [0.2, 0.25) is 0 Å². The number of nitrogens with zero attached hydrogens (tertiary/aromatic N) is 3. The minimum Gasteiger partial charge on any atom is -0.378 e. The zero-order chi connectivity index (χ0) is 17.8. The summed E-state index contributed by atoms with van der Waals surface area (Å²) in [6.45, 7) is 5.61. The lowest BCUT2D eigenvalue weighted by atomic mass is 10.2.